The number of anilines is 1. The number of carbonyl (C=O) groups excluding carboxylic acids is 2. The molecule has 0 saturated carbocycles. The molecule has 1 aliphatic rings. The zero-order chi connectivity index (χ0) is 31.0. The van der Waals surface area contributed by atoms with Crippen LogP contribution in [-0.2, 0) is 32.6 Å². The van der Waals surface area contributed by atoms with Gasteiger partial charge >= 0.3 is 0 Å². The van der Waals surface area contributed by atoms with Crippen molar-refractivity contribution in [3.05, 3.63) is 89.5 Å². The zero-order valence-electron chi connectivity index (χ0n) is 25.3. The van der Waals surface area contributed by atoms with Gasteiger partial charge in [0.25, 0.3) is 0 Å². The van der Waals surface area contributed by atoms with E-state index in [1.807, 2.05) is 75.4 Å². The van der Waals surface area contributed by atoms with Crippen LogP contribution in [-0.4, -0.2) is 63.2 Å². The maximum atomic E-state index is 13.9. The second kappa shape index (κ2) is 14.4. The van der Waals surface area contributed by atoms with Gasteiger partial charge in [-0.25, -0.2) is 8.42 Å². The maximum Gasteiger partial charge on any atom is 0.243 e. The SMILES string of the molecule is Cc1ccc(CN(C(=O)CCCN(c2ccc3c(c2)OCCO3)S(C)(=O)=O)[C@H](Cc2ccccc2)C(=O)NC(C)C)cc1. The van der Waals surface area contributed by atoms with E-state index in [9.17, 15) is 18.0 Å². The molecule has 0 aromatic heterocycles. The van der Waals surface area contributed by atoms with Crippen LogP contribution in [0.15, 0.2) is 72.8 Å². The van der Waals surface area contributed by atoms with Gasteiger partial charge in [0.1, 0.15) is 19.3 Å². The molecular formula is C33H41N3O6S. The fourth-order valence-corrected chi connectivity index (χ4v) is 5.97. The topological polar surface area (TPSA) is 105 Å². The lowest BCUT2D eigenvalue weighted by molar-refractivity contribution is -0.141. The van der Waals surface area contributed by atoms with Gasteiger partial charge in [0, 0.05) is 38.0 Å². The van der Waals surface area contributed by atoms with E-state index in [-0.39, 0.29) is 43.8 Å². The summed E-state index contributed by atoms with van der Waals surface area (Å²) in [5, 5.41) is 2.99. The number of sulfonamides is 1. The van der Waals surface area contributed by atoms with E-state index in [1.54, 1.807) is 23.1 Å². The van der Waals surface area contributed by atoms with Crippen molar-refractivity contribution in [3.63, 3.8) is 0 Å². The highest BCUT2D eigenvalue weighted by Crippen LogP contribution is 2.34. The van der Waals surface area contributed by atoms with E-state index in [2.05, 4.69) is 5.32 Å². The normalized spacial score (nSPS) is 13.3. The van der Waals surface area contributed by atoms with Crippen molar-refractivity contribution in [2.24, 2.45) is 0 Å². The molecule has 1 atom stereocenters. The summed E-state index contributed by atoms with van der Waals surface area (Å²) in [5.74, 6) is 0.594. The number of ether oxygens (including phenoxy) is 2. The second-order valence-electron chi connectivity index (χ2n) is 11.1. The molecule has 1 aliphatic heterocycles. The largest absolute Gasteiger partial charge is 0.486 e. The van der Waals surface area contributed by atoms with Crippen LogP contribution in [0.25, 0.3) is 0 Å². The molecule has 0 aliphatic carbocycles. The van der Waals surface area contributed by atoms with Gasteiger partial charge in [0.05, 0.1) is 11.9 Å². The molecule has 0 unspecified atom stereocenters. The first kappa shape index (κ1) is 31.9. The van der Waals surface area contributed by atoms with E-state index < -0.39 is 16.1 Å². The van der Waals surface area contributed by atoms with Gasteiger partial charge in [0.2, 0.25) is 21.8 Å². The molecule has 43 heavy (non-hydrogen) atoms. The monoisotopic (exact) mass is 607 g/mol. The van der Waals surface area contributed by atoms with Gasteiger partial charge in [-0.3, -0.25) is 13.9 Å². The quantitative estimate of drug-likeness (QED) is 0.307. The van der Waals surface area contributed by atoms with Crippen LogP contribution in [0.3, 0.4) is 0 Å². The Hall–Kier alpha value is -4.05. The van der Waals surface area contributed by atoms with E-state index in [0.717, 1.165) is 22.9 Å². The minimum absolute atomic E-state index is 0.0582. The minimum Gasteiger partial charge on any atom is -0.486 e. The van der Waals surface area contributed by atoms with E-state index >= 15 is 0 Å². The number of hydrogen-bond donors (Lipinski definition) is 1. The summed E-state index contributed by atoms with van der Waals surface area (Å²) in [7, 11) is -3.65. The third-order valence-corrected chi connectivity index (χ3v) is 8.34. The number of hydrogen-bond acceptors (Lipinski definition) is 6. The summed E-state index contributed by atoms with van der Waals surface area (Å²) >= 11 is 0. The summed E-state index contributed by atoms with van der Waals surface area (Å²) < 4.78 is 38.1. The van der Waals surface area contributed by atoms with Gasteiger partial charge in [-0.15, -0.1) is 0 Å². The predicted octanol–water partition coefficient (Wildman–Crippen LogP) is 4.48. The Morgan fingerprint density at radius 2 is 1.58 bits per heavy atom. The summed E-state index contributed by atoms with van der Waals surface area (Å²) in [5.41, 5.74) is 3.38. The van der Waals surface area contributed by atoms with Crippen LogP contribution < -0.4 is 19.1 Å². The Morgan fingerprint density at radius 3 is 2.23 bits per heavy atom. The highest BCUT2D eigenvalue weighted by atomic mass is 32.2. The molecule has 0 saturated heterocycles. The van der Waals surface area contributed by atoms with Crippen LogP contribution in [0.5, 0.6) is 11.5 Å². The Kier molecular flexibility index (Phi) is 10.7. The van der Waals surface area contributed by atoms with Crippen molar-refractivity contribution in [1.29, 1.82) is 0 Å². The zero-order valence-corrected chi connectivity index (χ0v) is 26.1. The lowest BCUT2D eigenvalue weighted by Gasteiger charge is -2.32. The summed E-state index contributed by atoms with van der Waals surface area (Å²) in [6.45, 7) is 6.93. The summed E-state index contributed by atoms with van der Waals surface area (Å²) in [4.78, 5) is 29.1. The predicted molar refractivity (Wildman–Crippen MR) is 168 cm³/mol. The Balaban J connectivity index is 1.57. The average molecular weight is 608 g/mol. The van der Waals surface area contributed by atoms with Crippen LogP contribution in [0.2, 0.25) is 0 Å². The van der Waals surface area contributed by atoms with Gasteiger partial charge < -0.3 is 19.7 Å². The van der Waals surface area contributed by atoms with Gasteiger partial charge in [-0.2, -0.15) is 0 Å². The van der Waals surface area contributed by atoms with Crippen molar-refractivity contribution >= 4 is 27.5 Å². The number of benzene rings is 3. The van der Waals surface area contributed by atoms with Crippen molar-refractivity contribution in [2.45, 2.75) is 58.7 Å². The fourth-order valence-electron chi connectivity index (χ4n) is 5.02. The highest BCUT2D eigenvalue weighted by molar-refractivity contribution is 7.92. The second-order valence-corrected chi connectivity index (χ2v) is 13.0. The Bertz CT molecular complexity index is 1490. The highest BCUT2D eigenvalue weighted by Gasteiger charge is 2.31. The molecule has 0 bridgehead atoms. The van der Waals surface area contributed by atoms with Crippen molar-refractivity contribution in [1.82, 2.24) is 10.2 Å². The molecule has 0 spiro atoms. The van der Waals surface area contributed by atoms with Gasteiger partial charge in [-0.05, 0) is 50.5 Å². The molecule has 0 radical (unpaired) electrons. The summed E-state index contributed by atoms with van der Waals surface area (Å²) in [6, 6.07) is 21.7. The molecule has 3 aromatic rings. The van der Waals surface area contributed by atoms with Crippen LogP contribution >= 0.6 is 0 Å². The van der Waals surface area contributed by atoms with Crippen molar-refractivity contribution in [2.75, 3.05) is 30.3 Å². The molecule has 1 N–H and O–H groups in total. The lowest BCUT2D eigenvalue weighted by atomic mass is 10.0. The number of amides is 2. The number of carbonyl (C=O) groups is 2. The third-order valence-electron chi connectivity index (χ3n) is 7.14. The Morgan fingerprint density at radius 1 is 0.907 bits per heavy atom. The number of nitrogens with zero attached hydrogens (tertiary/aromatic N) is 2. The number of rotatable bonds is 13. The molecule has 230 valence electrons. The van der Waals surface area contributed by atoms with E-state index in [1.165, 1.54) is 4.31 Å². The molecule has 4 rings (SSSR count). The van der Waals surface area contributed by atoms with E-state index in [0.29, 0.717) is 36.8 Å². The standard InChI is InChI=1S/C33H41N3O6S/c1-24(2)34-33(38)29(21-26-9-6-5-7-10-26)35(23-27-14-12-25(3)13-15-27)32(37)11-8-18-36(43(4,39)40)28-16-17-30-31(22-28)42-20-19-41-30/h5-7,9-10,12-17,22,24,29H,8,11,18-21,23H2,1-4H3,(H,34,38)/t29-/m1/s1. The smallest absolute Gasteiger partial charge is 0.243 e. The maximum absolute atomic E-state index is 13.9. The van der Waals surface area contributed by atoms with Crippen LogP contribution in [0, 0.1) is 6.92 Å². The average Bonchev–Trinajstić information content (AvgIpc) is 2.97. The number of fused-ring (bicyclic) bond motifs is 1. The minimum atomic E-state index is -3.65. The molecule has 9 nitrogen and oxygen atoms in total. The first-order valence-corrected chi connectivity index (χ1v) is 16.4. The van der Waals surface area contributed by atoms with Gasteiger partial charge in [0.15, 0.2) is 11.5 Å². The molecule has 3 aromatic carbocycles. The molecule has 1 heterocycles. The number of aryl methyl sites for hydroxylation is 1. The molecule has 10 heteroatoms. The fraction of sp³-hybridized carbons (Fsp3) is 0.394. The van der Waals surface area contributed by atoms with Crippen molar-refractivity contribution < 1.29 is 27.5 Å². The molecular weight excluding hydrogens is 566 g/mol. The molecule has 2 amide bonds. The lowest BCUT2D eigenvalue weighted by Crippen LogP contribution is -2.51. The van der Waals surface area contributed by atoms with Crippen molar-refractivity contribution in [3.8, 4) is 11.5 Å². The molecule has 0 fully saturated rings. The van der Waals surface area contributed by atoms with Crippen LogP contribution in [0.1, 0.15) is 43.4 Å². The van der Waals surface area contributed by atoms with Crippen LogP contribution in [0.4, 0.5) is 5.69 Å². The Labute approximate surface area is 254 Å². The number of nitrogens with one attached hydrogen (secondary N) is 1. The first-order chi connectivity index (χ1) is 20.5. The first-order valence-electron chi connectivity index (χ1n) is 14.6. The third kappa shape index (κ3) is 8.97. The van der Waals surface area contributed by atoms with E-state index in [4.69, 9.17) is 9.47 Å². The van der Waals surface area contributed by atoms with Gasteiger partial charge in [-0.1, -0.05) is 60.2 Å². The summed E-state index contributed by atoms with van der Waals surface area (Å²) in [6.07, 6.45) is 1.81.